The molecule has 1 amide bonds. The summed E-state index contributed by atoms with van der Waals surface area (Å²) in [6, 6.07) is 5.49. The standard InChI is InChI=1S/C13H17BrN2O2/c1-18-12-6-10(4-5-11(12)14)16-13(17)8-15-7-9-2-3-9/h4-6,9,15H,2-3,7-8H2,1H3,(H,16,17). The van der Waals surface area contributed by atoms with E-state index in [0.717, 1.165) is 22.6 Å². The van der Waals surface area contributed by atoms with Gasteiger partial charge in [0.2, 0.25) is 5.91 Å². The van der Waals surface area contributed by atoms with Crippen molar-refractivity contribution in [3.05, 3.63) is 22.7 Å². The Labute approximate surface area is 115 Å². The molecule has 1 saturated carbocycles. The first-order chi connectivity index (χ1) is 8.69. The maximum atomic E-state index is 11.7. The fraction of sp³-hybridized carbons (Fsp3) is 0.462. The molecule has 1 aliphatic carbocycles. The highest BCUT2D eigenvalue weighted by Gasteiger charge is 2.20. The Kier molecular flexibility index (Phi) is 4.60. The van der Waals surface area contributed by atoms with Gasteiger partial charge in [-0.15, -0.1) is 0 Å². The zero-order valence-corrected chi connectivity index (χ0v) is 11.9. The van der Waals surface area contributed by atoms with Gasteiger partial charge in [0.05, 0.1) is 18.1 Å². The molecule has 2 rings (SSSR count). The van der Waals surface area contributed by atoms with Gasteiger partial charge in [0.15, 0.2) is 0 Å². The van der Waals surface area contributed by atoms with Crippen molar-refractivity contribution in [2.75, 3.05) is 25.5 Å². The summed E-state index contributed by atoms with van der Waals surface area (Å²) in [5.74, 6) is 1.46. The van der Waals surface area contributed by atoms with E-state index in [4.69, 9.17) is 4.74 Å². The van der Waals surface area contributed by atoms with Crippen molar-refractivity contribution < 1.29 is 9.53 Å². The molecule has 1 fully saturated rings. The number of ether oxygens (including phenoxy) is 1. The summed E-state index contributed by atoms with van der Waals surface area (Å²) < 4.78 is 6.04. The first kappa shape index (κ1) is 13.4. The van der Waals surface area contributed by atoms with Gasteiger partial charge in [-0.25, -0.2) is 0 Å². The van der Waals surface area contributed by atoms with Gasteiger partial charge < -0.3 is 15.4 Å². The molecule has 0 heterocycles. The monoisotopic (exact) mass is 312 g/mol. The van der Waals surface area contributed by atoms with Gasteiger partial charge in [0.1, 0.15) is 5.75 Å². The van der Waals surface area contributed by atoms with Crippen LogP contribution in [-0.4, -0.2) is 26.1 Å². The van der Waals surface area contributed by atoms with Crippen LogP contribution in [-0.2, 0) is 4.79 Å². The number of benzene rings is 1. The van der Waals surface area contributed by atoms with Crippen molar-refractivity contribution in [3.63, 3.8) is 0 Å². The Morgan fingerprint density at radius 1 is 1.50 bits per heavy atom. The minimum Gasteiger partial charge on any atom is -0.495 e. The molecule has 0 aromatic heterocycles. The average Bonchev–Trinajstić information content (AvgIpc) is 3.15. The molecule has 2 N–H and O–H groups in total. The van der Waals surface area contributed by atoms with Crippen LogP contribution in [0.3, 0.4) is 0 Å². The van der Waals surface area contributed by atoms with E-state index in [1.807, 2.05) is 12.1 Å². The zero-order valence-electron chi connectivity index (χ0n) is 10.3. The molecule has 5 heteroatoms. The van der Waals surface area contributed by atoms with E-state index in [1.165, 1.54) is 12.8 Å². The summed E-state index contributed by atoms with van der Waals surface area (Å²) in [5, 5.41) is 5.99. The lowest BCUT2D eigenvalue weighted by Crippen LogP contribution is -2.29. The zero-order chi connectivity index (χ0) is 13.0. The van der Waals surface area contributed by atoms with Crippen molar-refractivity contribution >= 4 is 27.5 Å². The number of rotatable bonds is 6. The van der Waals surface area contributed by atoms with Gasteiger partial charge in [-0.2, -0.15) is 0 Å². The van der Waals surface area contributed by atoms with Crippen molar-refractivity contribution in [1.82, 2.24) is 5.32 Å². The highest BCUT2D eigenvalue weighted by molar-refractivity contribution is 9.10. The van der Waals surface area contributed by atoms with Gasteiger partial charge in [0, 0.05) is 11.8 Å². The van der Waals surface area contributed by atoms with Gasteiger partial charge in [0.25, 0.3) is 0 Å². The predicted octanol–water partition coefficient (Wildman–Crippen LogP) is 2.40. The maximum Gasteiger partial charge on any atom is 0.238 e. The summed E-state index contributed by atoms with van der Waals surface area (Å²) in [6.45, 7) is 1.30. The van der Waals surface area contributed by atoms with E-state index in [-0.39, 0.29) is 5.91 Å². The van der Waals surface area contributed by atoms with E-state index in [0.29, 0.717) is 12.3 Å². The summed E-state index contributed by atoms with van der Waals surface area (Å²) in [5.41, 5.74) is 0.744. The third-order valence-corrected chi connectivity index (χ3v) is 3.51. The van der Waals surface area contributed by atoms with Crippen LogP contribution in [0.15, 0.2) is 22.7 Å². The molecule has 18 heavy (non-hydrogen) atoms. The van der Waals surface area contributed by atoms with E-state index in [1.54, 1.807) is 13.2 Å². The summed E-state index contributed by atoms with van der Waals surface area (Å²) in [6.07, 6.45) is 2.58. The second-order valence-corrected chi connectivity index (χ2v) is 5.33. The SMILES string of the molecule is COc1cc(NC(=O)CNCC2CC2)ccc1Br. The third kappa shape index (κ3) is 3.99. The molecular formula is C13H17BrN2O2. The van der Waals surface area contributed by atoms with Crippen molar-refractivity contribution in [2.45, 2.75) is 12.8 Å². The fourth-order valence-electron chi connectivity index (χ4n) is 1.65. The van der Waals surface area contributed by atoms with Gasteiger partial charge >= 0.3 is 0 Å². The normalized spacial score (nSPS) is 14.3. The molecule has 1 aromatic carbocycles. The van der Waals surface area contributed by atoms with Crippen LogP contribution >= 0.6 is 15.9 Å². The lowest BCUT2D eigenvalue weighted by Gasteiger charge is -2.09. The molecule has 0 saturated heterocycles. The third-order valence-electron chi connectivity index (χ3n) is 2.85. The van der Waals surface area contributed by atoms with Crippen molar-refractivity contribution in [3.8, 4) is 5.75 Å². The smallest absolute Gasteiger partial charge is 0.238 e. The number of anilines is 1. The first-order valence-electron chi connectivity index (χ1n) is 6.03. The Hall–Kier alpha value is -1.07. The van der Waals surface area contributed by atoms with Crippen LogP contribution in [0.25, 0.3) is 0 Å². The van der Waals surface area contributed by atoms with E-state index in [2.05, 4.69) is 26.6 Å². The first-order valence-corrected chi connectivity index (χ1v) is 6.82. The van der Waals surface area contributed by atoms with Crippen LogP contribution in [0.1, 0.15) is 12.8 Å². The number of carbonyl (C=O) groups is 1. The Morgan fingerprint density at radius 2 is 2.28 bits per heavy atom. The van der Waals surface area contributed by atoms with Crippen molar-refractivity contribution in [1.29, 1.82) is 0 Å². The van der Waals surface area contributed by atoms with Crippen LogP contribution in [0, 0.1) is 5.92 Å². The number of nitrogens with one attached hydrogen (secondary N) is 2. The Morgan fingerprint density at radius 3 is 2.94 bits per heavy atom. The van der Waals surface area contributed by atoms with Crippen LogP contribution in [0.4, 0.5) is 5.69 Å². The van der Waals surface area contributed by atoms with E-state index in [9.17, 15) is 4.79 Å². The minimum atomic E-state index is -0.0278. The summed E-state index contributed by atoms with van der Waals surface area (Å²) >= 11 is 3.37. The van der Waals surface area contributed by atoms with Crippen molar-refractivity contribution in [2.24, 2.45) is 5.92 Å². The average molecular weight is 313 g/mol. The predicted molar refractivity (Wildman–Crippen MR) is 74.9 cm³/mol. The lowest BCUT2D eigenvalue weighted by molar-refractivity contribution is -0.115. The molecule has 0 radical (unpaired) electrons. The highest BCUT2D eigenvalue weighted by atomic mass is 79.9. The molecule has 1 aromatic rings. The van der Waals surface area contributed by atoms with Gasteiger partial charge in [-0.3, -0.25) is 4.79 Å². The molecule has 0 bridgehead atoms. The molecule has 4 nitrogen and oxygen atoms in total. The van der Waals surface area contributed by atoms with Crippen LogP contribution in [0.5, 0.6) is 5.75 Å². The number of amides is 1. The Balaban J connectivity index is 1.81. The molecule has 0 unspecified atom stereocenters. The molecule has 0 aliphatic heterocycles. The molecular weight excluding hydrogens is 296 g/mol. The highest BCUT2D eigenvalue weighted by Crippen LogP contribution is 2.28. The maximum absolute atomic E-state index is 11.7. The topological polar surface area (TPSA) is 50.4 Å². The van der Waals surface area contributed by atoms with Crippen LogP contribution in [0.2, 0.25) is 0 Å². The van der Waals surface area contributed by atoms with Crippen LogP contribution < -0.4 is 15.4 Å². The Bertz CT molecular complexity index is 433. The number of carbonyl (C=O) groups excluding carboxylic acids is 1. The second kappa shape index (κ2) is 6.20. The molecule has 98 valence electrons. The fourth-order valence-corrected chi connectivity index (χ4v) is 2.06. The minimum absolute atomic E-state index is 0.0278. The number of halogens is 1. The van der Waals surface area contributed by atoms with Gasteiger partial charge in [-0.1, -0.05) is 0 Å². The quantitative estimate of drug-likeness (QED) is 0.848. The number of methoxy groups -OCH3 is 1. The van der Waals surface area contributed by atoms with Gasteiger partial charge in [-0.05, 0) is 53.4 Å². The number of hydrogen-bond donors (Lipinski definition) is 2. The largest absolute Gasteiger partial charge is 0.495 e. The molecule has 0 spiro atoms. The number of hydrogen-bond acceptors (Lipinski definition) is 3. The molecule has 0 atom stereocenters. The summed E-state index contributed by atoms with van der Waals surface area (Å²) in [7, 11) is 1.60. The van der Waals surface area contributed by atoms with E-state index < -0.39 is 0 Å². The van der Waals surface area contributed by atoms with E-state index >= 15 is 0 Å². The molecule has 1 aliphatic rings. The lowest BCUT2D eigenvalue weighted by atomic mass is 10.3. The second-order valence-electron chi connectivity index (χ2n) is 4.47. The summed E-state index contributed by atoms with van der Waals surface area (Å²) in [4.78, 5) is 11.7.